The fourth-order valence-electron chi connectivity index (χ4n) is 2.49. The summed E-state index contributed by atoms with van der Waals surface area (Å²) >= 11 is 0. The third kappa shape index (κ3) is 4.04. The van der Waals surface area contributed by atoms with E-state index >= 15 is 0 Å². The summed E-state index contributed by atoms with van der Waals surface area (Å²) in [6.45, 7) is 7.89. The van der Waals surface area contributed by atoms with Gasteiger partial charge in [-0.3, -0.25) is 4.90 Å². The van der Waals surface area contributed by atoms with E-state index in [4.69, 9.17) is 4.74 Å². The van der Waals surface area contributed by atoms with Gasteiger partial charge in [0.05, 0.1) is 6.10 Å². The lowest BCUT2D eigenvalue weighted by Gasteiger charge is -2.21. The van der Waals surface area contributed by atoms with E-state index in [2.05, 4.69) is 17.1 Å². The SMILES string of the molecule is CCCN(CCNCC1CCCO1)C1CC1. The molecule has 3 nitrogen and oxygen atoms in total. The lowest BCUT2D eigenvalue weighted by Crippen LogP contribution is -2.36. The molecule has 2 aliphatic rings. The van der Waals surface area contributed by atoms with E-state index in [1.807, 2.05) is 0 Å². The third-order valence-corrected chi connectivity index (χ3v) is 3.55. The molecule has 1 saturated heterocycles. The maximum Gasteiger partial charge on any atom is 0.0700 e. The Morgan fingerprint density at radius 1 is 1.25 bits per heavy atom. The van der Waals surface area contributed by atoms with Crippen LogP contribution in [-0.2, 0) is 4.74 Å². The molecule has 0 amide bonds. The fourth-order valence-corrected chi connectivity index (χ4v) is 2.49. The Kier molecular flexibility index (Phi) is 5.07. The summed E-state index contributed by atoms with van der Waals surface area (Å²) < 4.78 is 5.59. The Labute approximate surface area is 99.5 Å². The van der Waals surface area contributed by atoms with E-state index in [1.54, 1.807) is 0 Å². The molecule has 0 aromatic rings. The second-order valence-corrected chi connectivity index (χ2v) is 5.11. The molecule has 1 aliphatic carbocycles. The smallest absolute Gasteiger partial charge is 0.0700 e. The van der Waals surface area contributed by atoms with Crippen LogP contribution in [0.5, 0.6) is 0 Å². The normalized spacial score (nSPS) is 25.5. The standard InChI is InChI=1S/C13H26N2O/c1-2-8-15(12-5-6-12)9-7-14-11-13-4-3-10-16-13/h12-14H,2-11H2,1H3. The first kappa shape index (κ1) is 12.3. The molecule has 1 unspecified atom stereocenters. The summed E-state index contributed by atoms with van der Waals surface area (Å²) in [4.78, 5) is 2.64. The number of rotatable bonds is 8. The molecule has 3 heteroatoms. The van der Waals surface area contributed by atoms with E-state index in [9.17, 15) is 0 Å². The highest BCUT2D eigenvalue weighted by Gasteiger charge is 2.27. The molecule has 1 atom stereocenters. The lowest BCUT2D eigenvalue weighted by molar-refractivity contribution is 0.109. The van der Waals surface area contributed by atoms with Gasteiger partial charge in [0.25, 0.3) is 0 Å². The van der Waals surface area contributed by atoms with Gasteiger partial charge in [0.15, 0.2) is 0 Å². The Morgan fingerprint density at radius 3 is 2.75 bits per heavy atom. The van der Waals surface area contributed by atoms with Crippen molar-refractivity contribution in [2.45, 2.75) is 51.2 Å². The van der Waals surface area contributed by atoms with Gasteiger partial charge in [-0.05, 0) is 38.6 Å². The van der Waals surface area contributed by atoms with Gasteiger partial charge in [-0.1, -0.05) is 6.92 Å². The number of ether oxygens (including phenoxy) is 1. The zero-order valence-electron chi connectivity index (χ0n) is 10.6. The maximum absolute atomic E-state index is 5.59. The van der Waals surface area contributed by atoms with Gasteiger partial charge in [0.2, 0.25) is 0 Å². The van der Waals surface area contributed by atoms with Gasteiger partial charge in [-0.25, -0.2) is 0 Å². The van der Waals surface area contributed by atoms with Crippen LogP contribution in [0.4, 0.5) is 0 Å². The zero-order chi connectivity index (χ0) is 11.2. The molecular formula is C13H26N2O. The predicted octanol–water partition coefficient (Wildman–Crippen LogP) is 1.63. The second-order valence-electron chi connectivity index (χ2n) is 5.11. The van der Waals surface area contributed by atoms with E-state index in [0.29, 0.717) is 6.10 Å². The molecule has 16 heavy (non-hydrogen) atoms. The molecule has 0 aromatic heterocycles. The number of hydrogen-bond donors (Lipinski definition) is 1. The molecule has 0 aromatic carbocycles. The van der Waals surface area contributed by atoms with Gasteiger partial charge < -0.3 is 10.1 Å². The number of nitrogens with zero attached hydrogens (tertiary/aromatic N) is 1. The first-order valence-electron chi connectivity index (χ1n) is 6.96. The fraction of sp³-hybridized carbons (Fsp3) is 1.00. The average Bonchev–Trinajstić information content (AvgIpc) is 3.01. The summed E-state index contributed by atoms with van der Waals surface area (Å²) in [6, 6.07) is 0.907. The van der Waals surface area contributed by atoms with Crippen molar-refractivity contribution in [1.29, 1.82) is 0 Å². The molecule has 1 heterocycles. The highest BCUT2D eigenvalue weighted by atomic mass is 16.5. The van der Waals surface area contributed by atoms with E-state index in [0.717, 1.165) is 25.7 Å². The monoisotopic (exact) mass is 226 g/mol. The van der Waals surface area contributed by atoms with Gasteiger partial charge in [-0.2, -0.15) is 0 Å². The topological polar surface area (TPSA) is 24.5 Å². The van der Waals surface area contributed by atoms with E-state index in [-0.39, 0.29) is 0 Å². The lowest BCUT2D eigenvalue weighted by atomic mass is 10.2. The van der Waals surface area contributed by atoms with Crippen LogP contribution in [0.15, 0.2) is 0 Å². The van der Waals surface area contributed by atoms with Crippen LogP contribution in [0.25, 0.3) is 0 Å². The molecule has 2 fully saturated rings. The van der Waals surface area contributed by atoms with Crippen LogP contribution in [0.1, 0.15) is 39.0 Å². The molecule has 94 valence electrons. The molecule has 0 radical (unpaired) electrons. The van der Waals surface area contributed by atoms with Crippen LogP contribution >= 0.6 is 0 Å². The van der Waals surface area contributed by atoms with Crippen LogP contribution in [0, 0.1) is 0 Å². The summed E-state index contributed by atoms with van der Waals surface area (Å²) in [7, 11) is 0. The highest BCUT2D eigenvalue weighted by molar-refractivity contribution is 4.84. The van der Waals surface area contributed by atoms with Gasteiger partial charge in [-0.15, -0.1) is 0 Å². The highest BCUT2D eigenvalue weighted by Crippen LogP contribution is 2.26. The summed E-state index contributed by atoms with van der Waals surface area (Å²) in [5.41, 5.74) is 0. The molecule has 1 aliphatic heterocycles. The first-order valence-corrected chi connectivity index (χ1v) is 6.96. The van der Waals surface area contributed by atoms with Crippen LogP contribution in [0.3, 0.4) is 0 Å². The van der Waals surface area contributed by atoms with Crippen molar-refractivity contribution in [1.82, 2.24) is 10.2 Å². The minimum atomic E-state index is 0.487. The van der Waals surface area contributed by atoms with Gasteiger partial charge in [0, 0.05) is 32.3 Å². The Balaban J connectivity index is 1.51. The van der Waals surface area contributed by atoms with Crippen molar-refractivity contribution in [3.05, 3.63) is 0 Å². The predicted molar refractivity (Wildman–Crippen MR) is 66.7 cm³/mol. The molecule has 2 rings (SSSR count). The van der Waals surface area contributed by atoms with Gasteiger partial charge in [0.1, 0.15) is 0 Å². The number of hydrogen-bond acceptors (Lipinski definition) is 3. The molecule has 0 spiro atoms. The van der Waals surface area contributed by atoms with Crippen molar-refractivity contribution < 1.29 is 4.74 Å². The van der Waals surface area contributed by atoms with Crippen molar-refractivity contribution in [3.8, 4) is 0 Å². The van der Waals surface area contributed by atoms with Crippen LogP contribution in [0.2, 0.25) is 0 Å². The van der Waals surface area contributed by atoms with Crippen molar-refractivity contribution in [2.24, 2.45) is 0 Å². The minimum Gasteiger partial charge on any atom is -0.377 e. The van der Waals surface area contributed by atoms with Crippen molar-refractivity contribution in [3.63, 3.8) is 0 Å². The largest absolute Gasteiger partial charge is 0.377 e. The van der Waals surface area contributed by atoms with Gasteiger partial charge >= 0.3 is 0 Å². The van der Waals surface area contributed by atoms with Crippen molar-refractivity contribution in [2.75, 3.05) is 32.8 Å². The van der Waals surface area contributed by atoms with E-state index < -0.39 is 0 Å². The Bertz CT molecular complexity index is 188. The molecule has 1 N–H and O–H groups in total. The first-order chi connectivity index (χ1) is 7.90. The Hall–Kier alpha value is -0.120. The summed E-state index contributed by atoms with van der Waals surface area (Å²) in [5, 5.41) is 3.53. The average molecular weight is 226 g/mol. The number of nitrogens with one attached hydrogen (secondary N) is 1. The molecular weight excluding hydrogens is 200 g/mol. The van der Waals surface area contributed by atoms with Crippen molar-refractivity contribution >= 4 is 0 Å². The molecule has 1 saturated carbocycles. The summed E-state index contributed by atoms with van der Waals surface area (Å²) in [5.74, 6) is 0. The molecule has 0 bridgehead atoms. The zero-order valence-corrected chi connectivity index (χ0v) is 10.6. The Morgan fingerprint density at radius 2 is 2.12 bits per heavy atom. The maximum atomic E-state index is 5.59. The summed E-state index contributed by atoms with van der Waals surface area (Å²) in [6.07, 6.45) is 7.10. The third-order valence-electron chi connectivity index (χ3n) is 3.55. The van der Waals surface area contributed by atoms with Crippen LogP contribution in [-0.4, -0.2) is 49.8 Å². The second kappa shape index (κ2) is 6.58. The van der Waals surface area contributed by atoms with E-state index in [1.165, 1.54) is 45.2 Å². The quantitative estimate of drug-likeness (QED) is 0.637. The minimum absolute atomic E-state index is 0.487. The van der Waals surface area contributed by atoms with Crippen LogP contribution < -0.4 is 5.32 Å².